The number of thioether (sulfide) groups is 1. The van der Waals surface area contributed by atoms with Gasteiger partial charge < -0.3 is 32.1 Å². The Balaban J connectivity index is 0.00000336. The maximum atomic E-state index is 12.9. The first-order chi connectivity index (χ1) is 17.5. The molecule has 0 saturated carbocycles. The van der Waals surface area contributed by atoms with E-state index in [-0.39, 0.29) is 52.5 Å². The smallest absolute Gasteiger partial charge is 0.352 e. The minimum Gasteiger partial charge on any atom is -1.00 e. The average molecular weight is 624 g/mol. The first kappa shape index (κ1) is 28.0. The van der Waals surface area contributed by atoms with Gasteiger partial charge in [-0.25, -0.2) is 9.36 Å². The Bertz CT molecular complexity index is 1510. The van der Waals surface area contributed by atoms with Crippen molar-refractivity contribution in [2.24, 2.45) is 11.8 Å². The number of ketones is 1. The number of β-lactam (4-membered cyclic amide) rings is 1. The third kappa shape index (κ3) is 4.25. The van der Waals surface area contributed by atoms with Crippen LogP contribution < -0.4 is 21.4 Å². The summed E-state index contributed by atoms with van der Waals surface area (Å²) in [5, 5.41) is 31.7. The third-order valence-corrected chi connectivity index (χ3v) is 9.04. The molecule has 2 aromatic heterocycles. The Kier molecular flexibility index (Phi) is 7.54. The van der Waals surface area contributed by atoms with Crippen LogP contribution >= 0.6 is 23.1 Å². The van der Waals surface area contributed by atoms with Gasteiger partial charge in [0, 0.05) is 29.2 Å². The van der Waals surface area contributed by atoms with Gasteiger partial charge in [0.25, 0.3) is 12.0 Å². The van der Waals surface area contributed by atoms with Crippen molar-refractivity contribution in [3.05, 3.63) is 63.0 Å². The van der Waals surface area contributed by atoms with Crippen molar-refractivity contribution >= 4 is 56.8 Å². The molecule has 4 heterocycles. The molecule has 11 nitrogen and oxygen atoms in total. The summed E-state index contributed by atoms with van der Waals surface area (Å²) in [5.41, 5.74) is 0.783. The molecular weight excluding hydrogens is 600 g/mol. The maximum Gasteiger partial charge on any atom is 0.352 e. The minimum absolute atomic E-state index is 0. The molecule has 3 aromatic rings. The Hall–Kier alpha value is -3.07. The van der Waals surface area contributed by atoms with Gasteiger partial charge in [0.1, 0.15) is 11.9 Å². The van der Waals surface area contributed by atoms with Gasteiger partial charge in [-0.3, -0.25) is 19.7 Å². The van der Waals surface area contributed by atoms with Crippen LogP contribution in [-0.2, 0) is 16.1 Å². The lowest BCUT2D eigenvalue weighted by molar-refractivity contribution is -0.508. The number of fused-ring (bicyclic) bond motifs is 2. The summed E-state index contributed by atoms with van der Waals surface area (Å²) >= 11 is 2.81. The van der Waals surface area contributed by atoms with E-state index in [1.54, 1.807) is 24.0 Å². The lowest BCUT2D eigenvalue weighted by atomic mass is 9.77. The van der Waals surface area contributed by atoms with Gasteiger partial charge in [-0.05, 0) is 25.3 Å². The molecule has 2 aliphatic heterocycles. The third-order valence-electron chi connectivity index (χ3n) is 6.95. The second kappa shape index (κ2) is 10.2. The number of nitro benzene ring substituents is 1. The number of nitro groups is 1. The van der Waals surface area contributed by atoms with Gasteiger partial charge in [0.15, 0.2) is 6.54 Å². The van der Waals surface area contributed by atoms with Crippen molar-refractivity contribution in [3.63, 3.8) is 0 Å². The lowest BCUT2D eigenvalue weighted by Crippen LogP contribution is -3.00. The predicted octanol–water partition coefficient (Wildman–Crippen LogP) is -0.541. The number of Topliss-reactive ketones (excluding diaryl/α,β-unsaturated/α-hetero) is 1. The second-order valence-corrected chi connectivity index (χ2v) is 10.9. The molecule has 0 bridgehead atoms. The number of halogens is 1. The van der Waals surface area contributed by atoms with E-state index in [9.17, 15) is 34.7 Å². The van der Waals surface area contributed by atoms with Crippen LogP contribution in [0.15, 0.2) is 47.5 Å². The van der Waals surface area contributed by atoms with Crippen molar-refractivity contribution in [3.8, 4) is 0 Å². The molecular formula is C24H23BrN4O7S2. The molecule has 0 aliphatic carbocycles. The van der Waals surface area contributed by atoms with Crippen LogP contribution in [0.3, 0.4) is 0 Å². The number of carbonyl (C=O) groups excluding carboxylic acids is 2. The van der Waals surface area contributed by atoms with Gasteiger partial charge in [-0.1, -0.05) is 30.0 Å². The van der Waals surface area contributed by atoms with E-state index in [0.717, 1.165) is 9.86 Å². The van der Waals surface area contributed by atoms with E-state index in [1.807, 2.05) is 17.6 Å². The number of carbonyl (C=O) groups is 3. The fraction of sp³-hybridized carbons (Fsp3) is 0.333. The van der Waals surface area contributed by atoms with Crippen molar-refractivity contribution in [1.29, 1.82) is 0 Å². The molecule has 1 amide bonds. The molecule has 14 heteroatoms. The Labute approximate surface area is 235 Å². The molecule has 2 aliphatic rings. The van der Waals surface area contributed by atoms with E-state index in [0.29, 0.717) is 16.0 Å². The van der Waals surface area contributed by atoms with Crippen LogP contribution in [0.2, 0.25) is 0 Å². The van der Waals surface area contributed by atoms with E-state index in [4.69, 9.17) is 0 Å². The number of rotatable bonds is 8. The van der Waals surface area contributed by atoms with Crippen molar-refractivity contribution < 1.29 is 50.9 Å². The molecule has 0 unspecified atom stereocenters. The predicted molar refractivity (Wildman–Crippen MR) is 134 cm³/mol. The molecule has 0 radical (unpaired) electrons. The number of nitrogens with zero attached hydrogens (tertiary/aromatic N) is 4. The summed E-state index contributed by atoms with van der Waals surface area (Å²) in [7, 11) is 0. The first-order valence-corrected chi connectivity index (χ1v) is 13.4. The Morgan fingerprint density at radius 3 is 2.50 bits per heavy atom. The molecule has 2 N–H and O–H groups in total. The zero-order valence-electron chi connectivity index (χ0n) is 20.4. The number of thiazole rings is 1. The number of hydrogen-bond acceptors (Lipinski definition) is 8. The number of carboxylic acid groups (broad SMARTS) is 1. The standard InChI is InChI=1S/C24H22N4O7S2.BrH/c1-11-17(20(24(32)33)27-19(11)18(12(2)29)21(27)31)16-9-26-10-25(22(36-3)23(26)37-16)8-15(30)13-4-6-14(7-5-13)28(34)35;/h4-7,9-12,18-19,29H,8H2,1-3H3;1H/t11-,12+,18+,19+;/m0./s1. The number of carboxylic acids is 1. The number of imidazole rings is 1. The highest BCUT2D eigenvalue weighted by Gasteiger charge is 2.60. The zero-order valence-corrected chi connectivity index (χ0v) is 23.6. The fourth-order valence-electron chi connectivity index (χ4n) is 5.28. The summed E-state index contributed by atoms with van der Waals surface area (Å²) in [5.74, 6) is -2.69. The molecule has 4 atom stereocenters. The van der Waals surface area contributed by atoms with Crippen LogP contribution in [0.4, 0.5) is 5.69 Å². The van der Waals surface area contributed by atoms with Gasteiger partial charge in [-0.2, -0.15) is 4.40 Å². The van der Waals surface area contributed by atoms with Crippen molar-refractivity contribution in [2.75, 3.05) is 6.26 Å². The van der Waals surface area contributed by atoms with Crippen molar-refractivity contribution in [2.45, 2.75) is 37.6 Å². The van der Waals surface area contributed by atoms with Crippen LogP contribution in [0.5, 0.6) is 0 Å². The summed E-state index contributed by atoms with van der Waals surface area (Å²) in [6.07, 6.45) is 4.55. The molecule has 1 fully saturated rings. The van der Waals surface area contributed by atoms with Gasteiger partial charge in [-0.15, -0.1) is 0 Å². The quantitative estimate of drug-likeness (QED) is 0.0850. The van der Waals surface area contributed by atoms with Crippen LogP contribution in [-0.4, -0.2) is 60.7 Å². The van der Waals surface area contributed by atoms with Gasteiger partial charge in [0.2, 0.25) is 21.5 Å². The number of aliphatic carboxylic acids is 1. The molecule has 1 aromatic carbocycles. The molecule has 1 saturated heterocycles. The highest BCUT2D eigenvalue weighted by molar-refractivity contribution is 7.98. The number of amides is 1. The number of aliphatic hydroxyl groups is 1. The average Bonchev–Trinajstić information content (AvgIpc) is 3.45. The monoisotopic (exact) mass is 622 g/mol. The SMILES string of the molecule is CSc1c2sc(C3=C(C(=O)O)N4C(=O)[C@H]([C@@H](C)O)[C@H]4[C@H]3C)c[n+]2cn1CC(=O)c1ccc([N+](=O)[O-])cc1.[Br-]. The van der Waals surface area contributed by atoms with E-state index < -0.39 is 29.0 Å². The van der Waals surface area contributed by atoms with Gasteiger partial charge >= 0.3 is 5.97 Å². The molecule has 0 spiro atoms. The zero-order chi connectivity index (χ0) is 26.8. The summed E-state index contributed by atoms with van der Waals surface area (Å²) in [6, 6.07) is 5.06. The number of aliphatic hydroxyl groups excluding tert-OH is 1. The highest BCUT2D eigenvalue weighted by Crippen LogP contribution is 2.51. The molecule has 200 valence electrons. The topological polar surface area (TPSA) is 147 Å². The Morgan fingerprint density at radius 1 is 1.29 bits per heavy atom. The summed E-state index contributed by atoms with van der Waals surface area (Å²) in [6.45, 7) is 3.44. The highest BCUT2D eigenvalue weighted by atomic mass is 79.9. The summed E-state index contributed by atoms with van der Waals surface area (Å²) < 4.78 is 3.62. The van der Waals surface area contributed by atoms with Crippen LogP contribution in [0.25, 0.3) is 10.4 Å². The fourth-order valence-corrected chi connectivity index (χ4v) is 7.46. The second-order valence-electron chi connectivity index (χ2n) is 9.11. The number of benzene rings is 1. The Morgan fingerprint density at radius 2 is 1.95 bits per heavy atom. The maximum absolute atomic E-state index is 12.9. The van der Waals surface area contributed by atoms with Crippen LogP contribution in [0.1, 0.15) is 29.1 Å². The number of hydrogen-bond donors (Lipinski definition) is 2. The number of aromatic nitrogens is 2. The largest absolute Gasteiger partial charge is 1.00 e. The van der Waals surface area contributed by atoms with E-state index in [1.165, 1.54) is 52.3 Å². The molecule has 38 heavy (non-hydrogen) atoms. The summed E-state index contributed by atoms with van der Waals surface area (Å²) in [4.78, 5) is 50.9. The van der Waals surface area contributed by atoms with E-state index in [2.05, 4.69) is 0 Å². The first-order valence-electron chi connectivity index (χ1n) is 11.4. The number of non-ortho nitro benzene ring substituents is 1. The van der Waals surface area contributed by atoms with E-state index >= 15 is 0 Å². The van der Waals surface area contributed by atoms with Crippen LogP contribution in [0, 0.1) is 22.0 Å². The molecule has 5 rings (SSSR count). The van der Waals surface area contributed by atoms with Gasteiger partial charge in [0.05, 0.1) is 27.9 Å². The normalized spacial score (nSPS) is 21.2. The minimum atomic E-state index is -1.19. The van der Waals surface area contributed by atoms with Crippen molar-refractivity contribution in [1.82, 2.24) is 9.47 Å². The lowest BCUT2D eigenvalue weighted by Gasteiger charge is -2.46.